The summed E-state index contributed by atoms with van der Waals surface area (Å²) in [4.78, 5) is 10.9. The minimum absolute atomic E-state index is 0.175. The van der Waals surface area contributed by atoms with Crippen LogP contribution in [-0.4, -0.2) is 11.1 Å². The fourth-order valence-corrected chi connectivity index (χ4v) is 3.19. The molecule has 3 nitrogen and oxygen atoms in total. The lowest BCUT2D eigenvalue weighted by Gasteiger charge is -2.12. The van der Waals surface area contributed by atoms with Crippen molar-refractivity contribution in [2.24, 2.45) is 0 Å². The molecule has 0 spiro atoms. The topological polar surface area (TPSA) is 46.5 Å². The summed E-state index contributed by atoms with van der Waals surface area (Å²) in [5, 5.41) is 9.60. The Kier molecular flexibility index (Phi) is 5.07. The van der Waals surface area contributed by atoms with Gasteiger partial charge in [-0.2, -0.15) is 0 Å². The molecule has 104 valence electrons. The van der Waals surface area contributed by atoms with E-state index < -0.39 is 5.97 Å². The fourth-order valence-electron chi connectivity index (χ4n) is 1.59. The zero-order chi connectivity index (χ0) is 14.7. The Balaban J connectivity index is 2.22. The van der Waals surface area contributed by atoms with E-state index in [1.165, 1.54) is 12.1 Å². The third-order valence-electron chi connectivity index (χ3n) is 2.58. The average molecular weight is 420 g/mol. The molecular formula is C14H9Br2ClO3. The van der Waals surface area contributed by atoms with Gasteiger partial charge in [0.05, 0.1) is 14.5 Å². The van der Waals surface area contributed by atoms with Gasteiger partial charge in [0.25, 0.3) is 0 Å². The zero-order valence-electron chi connectivity index (χ0n) is 10.1. The molecule has 6 heteroatoms. The monoisotopic (exact) mass is 418 g/mol. The number of hydrogen-bond donors (Lipinski definition) is 1. The number of aromatic carboxylic acids is 1. The quantitative estimate of drug-likeness (QED) is 0.745. The molecule has 0 aliphatic heterocycles. The predicted octanol–water partition coefficient (Wildman–Crippen LogP) is 5.14. The van der Waals surface area contributed by atoms with Crippen molar-refractivity contribution >= 4 is 49.4 Å². The number of benzene rings is 2. The van der Waals surface area contributed by atoms with Crippen LogP contribution in [0.15, 0.2) is 45.3 Å². The number of rotatable bonds is 4. The van der Waals surface area contributed by atoms with E-state index >= 15 is 0 Å². The van der Waals surface area contributed by atoms with Crippen LogP contribution in [-0.2, 0) is 6.61 Å². The highest BCUT2D eigenvalue weighted by atomic mass is 79.9. The normalized spacial score (nSPS) is 10.3. The molecule has 0 saturated heterocycles. The van der Waals surface area contributed by atoms with Crippen molar-refractivity contribution in [1.82, 2.24) is 0 Å². The van der Waals surface area contributed by atoms with Crippen LogP contribution < -0.4 is 4.74 Å². The minimum Gasteiger partial charge on any atom is -0.486 e. The number of carbonyl (C=O) groups is 1. The molecule has 0 saturated carbocycles. The van der Waals surface area contributed by atoms with Crippen LogP contribution in [0.2, 0.25) is 5.02 Å². The summed E-state index contributed by atoms with van der Waals surface area (Å²) in [6.45, 7) is 0.295. The molecular weight excluding hydrogens is 411 g/mol. The van der Waals surface area contributed by atoms with E-state index in [1.54, 1.807) is 6.07 Å². The molecule has 2 aromatic carbocycles. The van der Waals surface area contributed by atoms with E-state index in [1.807, 2.05) is 18.2 Å². The van der Waals surface area contributed by atoms with Crippen molar-refractivity contribution in [3.63, 3.8) is 0 Å². The highest BCUT2D eigenvalue weighted by Crippen LogP contribution is 2.35. The molecule has 0 radical (unpaired) electrons. The van der Waals surface area contributed by atoms with Crippen LogP contribution in [0.1, 0.15) is 15.9 Å². The second kappa shape index (κ2) is 6.61. The largest absolute Gasteiger partial charge is 0.486 e. The molecule has 0 unspecified atom stereocenters. The summed E-state index contributed by atoms with van der Waals surface area (Å²) in [7, 11) is 0. The van der Waals surface area contributed by atoms with Gasteiger partial charge in [-0.05, 0) is 50.1 Å². The molecule has 2 aromatic rings. The first-order valence-electron chi connectivity index (χ1n) is 5.57. The molecule has 0 bridgehead atoms. The lowest BCUT2D eigenvalue weighted by atomic mass is 10.2. The zero-order valence-corrected chi connectivity index (χ0v) is 14.0. The lowest BCUT2D eigenvalue weighted by molar-refractivity contribution is 0.0696. The summed E-state index contributed by atoms with van der Waals surface area (Å²) in [5.74, 6) is -0.459. The van der Waals surface area contributed by atoms with E-state index in [2.05, 4.69) is 31.9 Å². The number of hydrogen-bond acceptors (Lipinski definition) is 2. The SMILES string of the molecule is O=C(O)c1cc(Br)c(OCc2ccccc2Cl)c(Br)c1. The molecule has 0 heterocycles. The maximum Gasteiger partial charge on any atom is 0.335 e. The number of halogens is 3. The Labute approximate surface area is 137 Å². The molecule has 0 aromatic heterocycles. The second-order valence-electron chi connectivity index (χ2n) is 3.95. The molecule has 0 amide bonds. The van der Waals surface area contributed by atoms with E-state index in [4.69, 9.17) is 21.4 Å². The maximum absolute atomic E-state index is 10.9. The minimum atomic E-state index is -0.996. The Hall–Kier alpha value is -1.04. The molecule has 0 aliphatic rings. The molecule has 20 heavy (non-hydrogen) atoms. The van der Waals surface area contributed by atoms with Gasteiger partial charge < -0.3 is 9.84 Å². The van der Waals surface area contributed by atoms with E-state index in [0.717, 1.165) is 5.56 Å². The summed E-state index contributed by atoms with van der Waals surface area (Å²) in [6.07, 6.45) is 0. The van der Waals surface area contributed by atoms with Gasteiger partial charge in [0.15, 0.2) is 0 Å². The predicted molar refractivity (Wildman–Crippen MR) is 84.6 cm³/mol. The fraction of sp³-hybridized carbons (Fsp3) is 0.0714. The van der Waals surface area contributed by atoms with Gasteiger partial charge in [-0.25, -0.2) is 4.79 Å². The Morgan fingerprint density at radius 1 is 1.20 bits per heavy atom. The maximum atomic E-state index is 10.9. The highest BCUT2D eigenvalue weighted by Gasteiger charge is 2.13. The van der Waals surface area contributed by atoms with Crippen LogP contribution in [0, 0.1) is 0 Å². The summed E-state index contributed by atoms with van der Waals surface area (Å²) in [6, 6.07) is 10.4. The van der Waals surface area contributed by atoms with Crippen LogP contribution in [0.5, 0.6) is 5.75 Å². The van der Waals surface area contributed by atoms with Gasteiger partial charge in [0.2, 0.25) is 0 Å². The van der Waals surface area contributed by atoms with Crippen LogP contribution in [0.25, 0.3) is 0 Å². The number of carboxylic acid groups (broad SMARTS) is 1. The summed E-state index contributed by atoms with van der Waals surface area (Å²) >= 11 is 12.7. The number of carboxylic acids is 1. The van der Waals surface area contributed by atoms with Crippen LogP contribution in [0.4, 0.5) is 0 Å². The van der Waals surface area contributed by atoms with Gasteiger partial charge >= 0.3 is 5.97 Å². The van der Waals surface area contributed by atoms with Gasteiger partial charge in [0.1, 0.15) is 12.4 Å². The van der Waals surface area contributed by atoms with Gasteiger partial charge in [-0.15, -0.1) is 0 Å². The van der Waals surface area contributed by atoms with Gasteiger partial charge in [-0.1, -0.05) is 29.8 Å². The first-order valence-corrected chi connectivity index (χ1v) is 7.54. The first-order chi connectivity index (χ1) is 9.49. The van der Waals surface area contributed by atoms with Gasteiger partial charge in [0, 0.05) is 10.6 Å². The first kappa shape index (κ1) is 15.4. The third-order valence-corrected chi connectivity index (χ3v) is 4.12. The Morgan fingerprint density at radius 2 is 1.80 bits per heavy atom. The van der Waals surface area contributed by atoms with Crippen molar-refractivity contribution in [3.8, 4) is 5.75 Å². The molecule has 0 atom stereocenters. The van der Waals surface area contributed by atoms with Crippen molar-refractivity contribution in [3.05, 3.63) is 61.5 Å². The molecule has 1 N–H and O–H groups in total. The Morgan fingerprint density at radius 3 is 2.35 bits per heavy atom. The highest BCUT2D eigenvalue weighted by molar-refractivity contribution is 9.11. The van der Waals surface area contributed by atoms with Crippen molar-refractivity contribution in [2.45, 2.75) is 6.61 Å². The Bertz CT molecular complexity index is 636. The third kappa shape index (κ3) is 3.53. The van der Waals surface area contributed by atoms with Gasteiger partial charge in [-0.3, -0.25) is 0 Å². The van der Waals surface area contributed by atoms with Crippen molar-refractivity contribution in [1.29, 1.82) is 0 Å². The van der Waals surface area contributed by atoms with E-state index in [9.17, 15) is 4.79 Å². The van der Waals surface area contributed by atoms with Crippen molar-refractivity contribution in [2.75, 3.05) is 0 Å². The van der Waals surface area contributed by atoms with Crippen LogP contribution >= 0.6 is 43.5 Å². The van der Waals surface area contributed by atoms with E-state index in [-0.39, 0.29) is 5.56 Å². The summed E-state index contributed by atoms with van der Waals surface area (Å²) < 4.78 is 6.83. The number of ether oxygens (including phenoxy) is 1. The van der Waals surface area contributed by atoms with E-state index in [0.29, 0.717) is 26.3 Å². The molecule has 0 fully saturated rings. The summed E-state index contributed by atoms with van der Waals surface area (Å²) in [5.41, 5.74) is 1.03. The standard InChI is InChI=1S/C14H9Br2ClO3/c15-10-5-9(14(18)19)6-11(16)13(10)20-7-8-3-1-2-4-12(8)17/h1-6H,7H2,(H,18,19). The lowest BCUT2D eigenvalue weighted by Crippen LogP contribution is -2.01. The van der Waals surface area contributed by atoms with Crippen molar-refractivity contribution < 1.29 is 14.6 Å². The smallest absolute Gasteiger partial charge is 0.335 e. The van der Waals surface area contributed by atoms with Crippen LogP contribution in [0.3, 0.4) is 0 Å². The molecule has 0 aliphatic carbocycles. The molecule has 2 rings (SSSR count). The second-order valence-corrected chi connectivity index (χ2v) is 6.07. The average Bonchev–Trinajstić information content (AvgIpc) is 2.39.